The number of ether oxygens (including phenoxy) is 1. The Morgan fingerprint density at radius 3 is 2.38 bits per heavy atom. The van der Waals surface area contributed by atoms with Gasteiger partial charge in [0.2, 0.25) is 11.8 Å². The number of hydrogen-bond donors (Lipinski definition) is 1. The van der Waals surface area contributed by atoms with E-state index >= 15 is 0 Å². The zero-order valence-electron chi connectivity index (χ0n) is 28.4. The predicted octanol–water partition coefficient (Wildman–Crippen LogP) is 4.07. The molecule has 1 aliphatic heterocycles. The van der Waals surface area contributed by atoms with Crippen LogP contribution >= 0.6 is 0 Å². The van der Waals surface area contributed by atoms with Gasteiger partial charge in [0, 0.05) is 13.3 Å². The molecule has 1 heterocycles. The first-order chi connectivity index (χ1) is 22.3. The zero-order chi connectivity index (χ0) is 35.7. The van der Waals surface area contributed by atoms with E-state index in [0.29, 0.717) is 0 Å². The number of rotatable bonds is 7. The summed E-state index contributed by atoms with van der Waals surface area (Å²) in [5, 5.41) is 14.4. The van der Waals surface area contributed by atoms with Crippen LogP contribution in [0.1, 0.15) is 51.3 Å². The number of fused-ring (bicyclic) bond motifs is 2. The number of amides is 4. The van der Waals surface area contributed by atoms with E-state index in [4.69, 9.17) is 4.74 Å². The summed E-state index contributed by atoms with van der Waals surface area (Å²) in [4.78, 5) is 58.7. The number of likely N-dealkylation sites (N-methyl/N-ethyl adjacent to an activating group) is 1. The highest BCUT2D eigenvalue weighted by atomic mass is 32.2. The van der Waals surface area contributed by atoms with Crippen LogP contribution in [0, 0.1) is 18.3 Å². The minimum Gasteiger partial charge on any atom is -0.444 e. The van der Waals surface area contributed by atoms with Crippen LogP contribution in [0.15, 0.2) is 54.6 Å². The van der Waals surface area contributed by atoms with Crippen molar-refractivity contribution >= 4 is 55.8 Å². The second kappa shape index (κ2) is 13.6. The molecule has 0 saturated carbocycles. The quantitative estimate of drug-likeness (QED) is 0.393. The number of nitrogens with zero attached hydrogens (tertiary/aromatic N) is 4. The second-order valence-corrected chi connectivity index (χ2v) is 15.3. The number of aryl methyl sites for hydroxylation is 1. The molecule has 0 unspecified atom stereocenters. The Morgan fingerprint density at radius 2 is 1.75 bits per heavy atom. The number of carbonyl (C=O) groups is 4. The Labute approximate surface area is 281 Å². The number of anilines is 2. The average molecular weight is 676 g/mol. The Morgan fingerprint density at radius 1 is 1.08 bits per heavy atom. The fourth-order valence-electron chi connectivity index (χ4n) is 5.63. The van der Waals surface area contributed by atoms with Crippen molar-refractivity contribution in [2.45, 2.75) is 71.8 Å². The van der Waals surface area contributed by atoms with E-state index in [1.54, 1.807) is 26.8 Å². The van der Waals surface area contributed by atoms with Crippen LogP contribution in [0.3, 0.4) is 0 Å². The Bertz CT molecular complexity index is 1930. The molecule has 0 radical (unpaired) electrons. The van der Waals surface area contributed by atoms with Gasteiger partial charge in [-0.05, 0) is 81.6 Å². The van der Waals surface area contributed by atoms with E-state index < -0.39 is 63.1 Å². The maximum absolute atomic E-state index is 14.7. The standard InChI is InChI=1S/C35H41N5O7S/c1-21-13-15-25-11-9-10-12-26(25)27(21)19-39-28-16-14-24(18-36)17-29(28)40(30(41)20-48(8,45)46)22(2)31(33(39)43)37-32(42)23(3)38(7)34(44)47-35(4,5)6/h9-17,22-23,31H,19-20H2,1-8H3,(H,37,42)/t22-,23-,31-/m0/s1. The molecule has 3 aromatic carbocycles. The first-order valence-corrected chi connectivity index (χ1v) is 17.5. The zero-order valence-corrected chi connectivity index (χ0v) is 29.2. The fourth-order valence-corrected chi connectivity index (χ4v) is 6.22. The molecule has 254 valence electrons. The molecule has 13 heteroatoms. The summed E-state index contributed by atoms with van der Waals surface area (Å²) in [6, 6.07) is 14.6. The number of sulfone groups is 1. The van der Waals surface area contributed by atoms with E-state index in [9.17, 15) is 32.9 Å². The van der Waals surface area contributed by atoms with Crippen molar-refractivity contribution in [3.63, 3.8) is 0 Å². The molecule has 3 atom stereocenters. The monoisotopic (exact) mass is 675 g/mol. The van der Waals surface area contributed by atoms with Crippen molar-refractivity contribution in [1.82, 2.24) is 10.2 Å². The summed E-state index contributed by atoms with van der Waals surface area (Å²) in [7, 11) is -2.43. The summed E-state index contributed by atoms with van der Waals surface area (Å²) >= 11 is 0. The molecule has 0 saturated heterocycles. The van der Waals surface area contributed by atoms with Crippen LogP contribution in [-0.2, 0) is 35.5 Å². The van der Waals surface area contributed by atoms with Crippen LogP contribution in [0.25, 0.3) is 10.8 Å². The maximum Gasteiger partial charge on any atom is 0.410 e. The molecule has 48 heavy (non-hydrogen) atoms. The SMILES string of the molecule is Cc1ccc2ccccc2c1CN1C(=O)[C@@H](NC(=O)[C@H](C)N(C)C(=O)OC(C)(C)C)[C@H](C)N(C(=O)CS(C)(=O)=O)c2cc(C#N)ccc21. The summed E-state index contributed by atoms with van der Waals surface area (Å²) in [5.74, 6) is -2.98. The summed E-state index contributed by atoms with van der Waals surface area (Å²) in [6.45, 7) is 10.0. The van der Waals surface area contributed by atoms with Crippen LogP contribution in [0.4, 0.5) is 16.2 Å². The second-order valence-electron chi connectivity index (χ2n) is 13.1. The fraction of sp³-hybridized carbons (Fsp3) is 0.400. The Balaban J connectivity index is 1.87. The van der Waals surface area contributed by atoms with Crippen molar-refractivity contribution < 1.29 is 32.3 Å². The van der Waals surface area contributed by atoms with E-state index in [1.165, 1.54) is 37.9 Å². The van der Waals surface area contributed by atoms with Gasteiger partial charge in [-0.25, -0.2) is 13.2 Å². The molecule has 4 rings (SSSR count). The van der Waals surface area contributed by atoms with Gasteiger partial charge in [0.05, 0.1) is 35.6 Å². The molecule has 1 aliphatic rings. The minimum atomic E-state index is -3.82. The normalized spacial score (nSPS) is 17.2. The van der Waals surface area contributed by atoms with E-state index in [2.05, 4.69) is 5.32 Å². The molecule has 0 aromatic heterocycles. The summed E-state index contributed by atoms with van der Waals surface area (Å²) in [6.07, 6.45) is 0.175. The number of benzene rings is 3. The molecule has 12 nitrogen and oxygen atoms in total. The van der Waals surface area contributed by atoms with Crippen LogP contribution in [0.5, 0.6) is 0 Å². The highest BCUT2D eigenvalue weighted by Crippen LogP contribution is 2.38. The van der Waals surface area contributed by atoms with Gasteiger partial charge in [0.1, 0.15) is 23.4 Å². The molecular formula is C35H41N5O7S. The van der Waals surface area contributed by atoms with Gasteiger partial charge in [-0.1, -0.05) is 36.4 Å². The largest absolute Gasteiger partial charge is 0.444 e. The minimum absolute atomic E-state index is 0.0332. The first-order valence-electron chi connectivity index (χ1n) is 15.4. The third-order valence-corrected chi connectivity index (χ3v) is 9.03. The molecule has 0 fully saturated rings. The number of hydrogen-bond acceptors (Lipinski definition) is 8. The molecule has 0 spiro atoms. The first kappa shape index (κ1) is 35.9. The smallest absolute Gasteiger partial charge is 0.410 e. The van der Waals surface area contributed by atoms with Crippen molar-refractivity contribution in [2.75, 3.05) is 28.9 Å². The molecule has 4 amide bonds. The van der Waals surface area contributed by atoms with Crippen molar-refractivity contribution in [2.24, 2.45) is 0 Å². The van der Waals surface area contributed by atoms with E-state index in [0.717, 1.165) is 38.0 Å². The molecule has 3 aromatic rings. The number of nitrogens with one attached hydrogen (secondary N) is 1. The van der Waals surface area contributed by atoms with Gasteiger partial charge in [-0.3, -0.25) is 19.3 Å². The summed E-state index contributed by atoms with van der Waals surface area (Å²) < 4.78 is 30.1. The lowest BCUT2D eigenvalue weighted by molar-refractivity contribution is -0.131. The van der Waals surface area contributed by atoms with E-state index in [1.807, 2.05) is 49.4 Å². The third-order valence-electron chi connectivity index (χ3n) is 8.26. The Hall–Kier alpha value is -4.96. The lowest BCUT2D eigenvalue weighted by Crippen LogP contribution is -2.60. The van der Waals surface area contributed by atoms with Crippen LogP contribution in [-0.4, -0.2) is 79.9 Å². The molecular weight excluding hydrogens is 634 g/mol. The molecule has 1 N–H and O–H groups in total. The summed E-state index contributed by atoms with van der Waals surface area (Å²) in [5.41, 5.74) is 1.49. The lowest BCUT2D eigenvalue weighted by Gasteiger charge is -2.34. The topological polar surface area (TPSA) is 157 Å². The Kier molecular flexibility index (Phi) is 10.2. The van der Waals surface area contributed by atoms with Gasteiger partial charge in [-0.15, -0.1) is 0 Å². The van der Waals surface area contributed by atoms with Crippen LogP contribution in [0.2, 0.25) is 0 Å². The maximum atomic E-state index is 14.7. The van der Waals surface area contributed by atoms with Crippen molar-refractivity contribution in [3.05, 3.63) is 71.3 Å². The van der Waals surface area contributed by atoms with Crippen molar-refractivity contribution in [1.29, 1.82) is 5.26 Å². The van der Waals surface area contributed by atoms with Gasteiger partial charge in [-0.2, -0.15) is 5.26 Å². The van der Waals surface area contributed by atoms with Gasteiger partial charge in [0.15, 0.2) is 9.84 Å². The lowest BCUT2D eigenvalue weighted by atomic mass is 9.98. The molecule has 0 bridgehead atoms. The van der Waals surface area contributed by atoms with Crippen LogP contribution < -0.4 is 15.1 Å². The van der Waals surface area contributed by atoms with E-state index in [-0.39, 0.29) is 23.5 Å². The highest BCUT2D eigenvalue weighted by Gasteiger charge is 2.43. The molecule has 0 aliphatic carbocycles. The average Bonchev–Trinajstić information content (AvgIpc) is 3.08. The van der Waals surface area contributed by atoms with Crippen molar-refractivity contribution in [3.8, 4) is 6.07 Å². The number of nitriles is 1. The van der Waals surface area contributed by atoms with Gasteiger partial charge >= 0.3 is 6.09 Å². The number of carbonyl (C=O) groups excluding carboxylic acids is 4. The van der Waals surface area contributed by atoms with Gasteiger partial charge < -0.3 is 19.9 Å². The van der Waals surface area contributed by atoms with Gasteiger partial charge in [0.25, 0.3) is 5.91 Å². The highest BCUT2D eigenvalue weighted by molar-refractivity contribution is 7.91. The predicted molar refractivity (Wildman–Crippen MR) is 183 cm³/mol. The third kappa shape index (κ3) is 7.77.